The highest BCUT2D eigenvalue weighted by atomic mass is 35.5. The molecule has 2 aromatic rings. The maximum Gasteiger partial charge on any atom is 0.255 e. The van der Waals surface area contributed by atoms with Crippen molar-refractivity contribution in [3.05, 3.63) is 63.6 Å². The summed E-state index contributed by atoms with van der Waals surface area (Å²) < 4.78 is 5.66. The van der Waals surface area contributed by atoms with Crippen LogP contribution >= 0.6 is 35.0 Å². The second-order valence-corrected chi connectivity index (χ2v) is 8.06. The molecule has 1 amide bonds. The lowest BCUT2D eigenvalue weighted by Gasteiger charge is -2.25. The van der Waals surface area contributed by atoms with Crippen LogP contribution in [0, 0.1) is 0 Å². The second-order valence-electron chi connectivity index (χ2n) is 6.09. The summed E-state index contributed by atoms with van der Waals surface area (Å²) in [6.07, 6.45) is 2.12. The Morgan fingerprint density at radius 1 is 1.23 bits per heavy atom. The van der Waals surface area contributed by atoms with Crippen molar-refractivity contribution in [2.24, 2.45) is 0 Å². The van der Waals surface area contributed by atoms with Crippen LogP contribution in [0.25, 0.3) is 0 Å². The Labute approximate surface area is 168 Å². The molecule has 3 rings (SSSR count). The molecule has 1 atom stereocenters. The van der Waals surface area contributed by atoms with Crippen molar-refractivity contribution in [1.82, 2.24) is 4.90 Å². The van der Waals surface area contributed by atoms with Gasteiger partial charge < -0.3 is 9.64 Å². The minimum absolute atomic E-state index is 0.00356. The van der Waals surface area contributed by atoms with Gasteiger partial charge in [-0.15, -0.1) is 11.8 Å². The first-order chi connectivity index (χ1) is 12.6. The van der Waals surface area contributed by atoms with Gasteiger partial charge in [-0.05, 0) is 36.8 Å². The molecule has 0 aromatic heterocycles. The van der Waals surface area contributed by atoms with Gasteiger partial charge in [-0.3, -0.25) is 4.79 Å². The van der Waals surface area contributed by atoms with Crippen molar-refractivity contribution in [1.29, 1.82) is 0 Å². The first kappa shape index (κ1) is 19.4. The number of rotatable bonds is 6. The fourth-order valence-electron chi connectivity index (χ4n) is 2.84. The largest absolute Gasteiger partial charge is 0.494 e. The van der Waals surface area contributed by atoms with E-state index in [4.69, 9.17) is 27.9 Å². The van der Waals surface area contributed by atoms with Crippen molar-refractivity contribution in [3.8, 4) is 5.75 Å². The van der Waals surface area contributed by atoms with Gasteiger partial charge in [-0.25, -0.2) is 0 Å². The molecule has 2 aromatic carbocycles. The van der Waals surface area contributed by atoms with E-state index in [2.05, 4.69) is 6.92 Å². The molecule has 0 bridgehead atoms. The number of nitrogens with zero attached hydrogens (tertiary/aromatic N) is 1. The lowest BCUT2D eigenvalue weighted by Crippen LogP contribution is -2.30. The molecule has 0 radical (unpaired) electrons. The molecule has 26 heavy (non-hydrogen) atoms. The van der Waals surface area contributed by atoms with Crippen LogP contribution in [0.1, 0.15) is 41.1 Å². The predicted molar refractivity (Wildman–Crippen MR) is 110 cm³/mol. The van der Waals surface area contributed by atoms with Gasteiger partial charge >= 0.3 is 0 Å². The molecule has 0 saturated carbocycles. The van der Waals surface area contributed by atoms with Crippen molar-refractivity contribution in [2.75, 3.05) is 18.9 Å². The maximum atomic E-state index is 13.0. The fourth-order valence-corrected chi connectivity index (χ4v) is 4.60. The number of ether oxygens (including phenoxy) is 1. The van der Waals surface area contributed by atoms with E-state index in [1.165, 1.54) is 0 Å². The van der Waals surface area contributed by atoms with Gasteiger partial charge in [0.05, 0.1) is 16.7 Å². The number of thioether (sulfide) groups is 1. The molecular formula is C20H21Cl2NO2S. The minimum atomic E-state index is -0.116. The number of amides is 1. The Morgan fingerprint density at radius 2 is 2.00 bits per heavy atom. The summed E-state index contributed by atoms with van der Waals surface area (Å²) in [6.45, 7) is 3.51. The molecule has 3 nitrogen and oxygen atoms in total. The van der Waals surface area contributed by atoms with Crippen LogP contribution in [-0.4, -0.2) is 29.7 Å². The smallest absolute Gasteiger partial charge is 0.255 e. The van der Waals surface area contributed by atoms with Crippen LogP contribution in [0.4, 0.5) is 0 Å². The van der Waals surface area contributed by atoms with E-state index in [9.17, 15) is 4.79 Å². The highest BCUT2D eigenvalue weighted by molar-refractivity contribution is 7.99. The average molecular weight is 410 g/mol. The van der Waals surface area contributed by atoms with Gasteiger partial charge in [0, 0.05) is 23.4 Å². The zero-order valence-electron chi connectivity index (χ0n) is 14.6. The van der Waals surface area contributed by atoms with Gasteiger partial charge in [-0.1, -0.05) is 48.7 Å². The summed E-state index contributed by atoms with van der Waals surface area (Å²) in [5, 5.41) is 0.915. The second kappa shape index (κ2) is 9.03. The number of unbranched alkanes of at least 4 members (excludes halogenated alkanes) is 1. The molecule has 0 spiro atoms. The number of hydrogen-bond acceptors (Lipinski definition) is 3. The van der Waals surface area contributed by atoms with Crippen LogP contribution in [0.5, 0.6) is 5.75 Å². The zero-order chi connectivity index (χ0) is 18.5. The third-order valence-electron chi connectivity index (χ3n) is 4.27. The third kappa shape index (κ3) is 4.30. The van der Waals surface area contributed by atoms with Crippen LogP contribution in [0.2, 0.25) is 10.0 Å². The van der Waals surface area contributed by atoms with Gasteiger partial charge in [0.2, 0.25) is 0 Å². The lowest BCUT2D eigenvalue weighted by molar-refractivity contribution is 0.0760. The molecule has 1 aliphatic rings. The number of carbonyl (C=O) groups is 1. The molecule has 1 heterocycles. The third-order valence-corrected chi connectivity index (χ3v) is 6.34. The molecule has 0 N–H and O–H groups in total. The van der Waals surface area contributed by atoms with E-state index in [0.29, 0.717) is 28.8 Å². The Morgan fingerprint density at radius 3 is 2.73 bits per heavy atom. The first-order valence-electron chi connectivity index (χ1n) is 8.71. The van der Waals surface area contributed by atoms with E-state index in [0.717, 1.165) is 29.9 Å². The first-order valence-corrected chi connectivity index (χ1v) is 10.5. The van der Waals surface area contributed by atoms with E-state index in [-0.39, 0.29) is 11.3 Å². The SMILES string of the molecule is CCCCOc1ccc(C(=O)N2CCS[C@@H]2c2cccc(Cl)c2Cl)cc1. The average Bonchev–Trinajstić information content (AvgIpc) is 3.14. The molecule has 6 heteroatoms. The lowest BCUT2D eigenvalue weighted by atomic mass is 10.1. The van der Waals surface area contributed by atoms with Gasteiger partial charge in [-0.2, -0.15) is 0 Å². The molecule has 1 fully saturated rings. The van der Waals surface area contributed by atoms with Crippen molar-refractivity contribution in [3.63, 3.8) is 0 Å². The van der Waals surface area contributed by atoms with E-state index >= 15 is 0 Å². The Hall–Kier alpha value is -1.36. The molecule has 0 unspecified atom stereocenters. The molecule has 1 saturated heterocycles. The quantitative estimate of drug-likeness (QED) is 0.542. The highest BCUT2D eigenvalue weighted by Gasteiger charge is 2.32. The van der Waals surface area contributed by atoms with E-state index in [1.807, 2.05) is 41.3 Å². The van der Waals surface area contributed by atoms with Crippen LogP contribution in [0.3, 0.4) is 0 Å². The summed E-state index contributed by atoms with van der Waals surface area (Å²) in [6, 6.07) is 12.9. The maximum absolute atomic E-state index is 13.0. The molecule has 1 aliphatic heterocycles. The summed E-state index contributed by atoms with van der Waals surface area (Å²) in [4.78, 5) is 14.9. The van der Waals surface area contributed by atoms with E-state index in [1.54, 1.807) is 17.8 Å². The highest BCUT2D eigenvalue weighted by Crippen LogP contribution is 2.43. The Balaban J connectivity index is 1.75. The number of hydrogen-bond donors (Lipinski definition) is 0. The van der Waals surface area contributed by atoms with E-state index < -0.39 is 0 Å². The fraction of sp³-hybridized carbons (Fsp3) is 0.350. The van der Waals surface area contributed by atoms with Crippen LogP contribution < -0.4 is 4.74 Å². The predicted octanol–water partition coefficient (Wildman–Crippen LogP) is 6.06. The normalized spacial score (nSPS) is 16.7. The van der Waals surface area contributed by atoms with Gasteiger partial charge in [0.15, 0.2) is 0 Å². The summed E-state index contributed by atoms with van der Waals surface area (Å²) in [7, 11) is 0. The number of carbonyl (C=O) groups excluding carboxylic acids is 1. The minimum Gasteiger partial charge on any atom is -0.494 e. The topological polar surface area (TPSA) is 29.5 Å². The van der Waals surface area contributed by atoms with Crippen LogP contribution in [0.15, 0.2) is 42.5 Å². The van der Waals surface area contributed by atoms with Crippen molar-refractivity contribution < 1.29 is 9.53 Å². The monoisotopic (exact) mass is 409 g/mol. The van der Waals surface area contributed by atoms with Crippen molar-refractivity contribution in [2.45, 2.75) is 25.1 Å². The van der Waals surface area contributed by atoms with Crippen molar-refractivity contribution >= 4 is 40.9 Å². The number of halogens is 2. The molecular weight excluding hydrogens is 389 g/mol. The van der Waals surface area contributed by atoms with Gasteiger partial charge in [0.25, 0.3) is 5.91 Å². The zero-order valence-corrected chi connectivity index (χ0v) is 16.9. The Kier molecular flexibility index (Phi) is 6.74. The van der Waals surface area contributed by atoms with Crippen LogP contribution in [-0.2, 0) is 0 Å². The molecule has 0 aliphatic carbocycles. The van der Waals surface area contributed by atoms with Gasteiger partial charge in [0.1, 0.15) is 11.1 Å². The summed E-state index contributed by atoms with van der Waals surface area (Å²) >= 11 is 14.2. The summed E-state index contributed by atoms with van der Waals surface area (Å²) in [5.41, 5.74) is 1.54. The standard InChI is InChI=1S/C20H21Cl2NO2S/c1-2-3-12-25-15-9-7-14(8-10-15)19(24)23-11-13-26-20(23)16-5-4-6-17(21)18(16)22/h4-10,20H,2-3,11-13H2,1H3/t20-/m1/s1. The number of benzene rings is 2. The molecule has 138 valence electrons. The summed E-state index contributed by atoms with van der Waals surface area (Å²) in [5.74, 6) is 1.66. The Bertz CT molecular complexity index is 767.